The normalized spacial score (nSPS) is 22.0. The lowest BCUT2D eigenvalue weighted by Crippen LogP contribution is -2.43. The second kappa shape index (κ2) is 8.15. The lowest BCUT2D eigenvalue weighted by atomic mass is 10.2. The molecule has 3 atom stereocenters. The molecule has 0 amide bonds. The van der Waals surface area contributed by atoms with E-state index in [2.05, 4.69) is 14.9 Å². The summed E-state index contributed by atoms with van der Waals surface area (Å²) in [5.41, 5.74) is -1.69. The molecule has 0 saturated carbocycles. The predicted octanol–water partition coefficient (Wildman–Crippen LogP) is 3.67. The van der Waals surface area contributed by atoms with Gasteiger partial charge in [0.1, 0.15) is 23.9 Å². The van der Waals surface area contributed by atoms with Crippen LogP contribution < -0.4 is 20.1 Å². The predicted molar refractivity (Wildman–Crippen MR) is 113 cm³/mol. The van der Waals surface area contributed by atoms with Crippen molar-refractivity contribution in [2.75, 3.05) is 11.5 Å². The SMILES string of the molecule is O=c1nc(OCc2cc(F)c(Oc3ccnc(C(F)(F)F)c3)c(F)c2)cc2n1C[C@H]1C3CC(CO3)N21. The van der Waals surface area contributed by atoms with Gasteiger partial charge in [0.05, 0.1) is 31.3 Å². The number of hydrogen-bond acceptors (Lipinski definition) is 7. The van der Waals surface area contributed by atoms with Gasteiger partial charge in [-0.25, -0.2) is 13.6 Å². The van der Waals surface area contributed by atoms with Crippen molar-refractivity contribution < 1.29 is 36.2 Å². The maximum absolute atomic E-state index is 14.6. The smallest absolute Gasteiger partial charge is 0.433 e. The van der Waals surface area contributed by atoms with Gasteiger partial charge in [0.25, 0.3) is 0 Å². The molecule has 6 rings (SSSR count). The van der Waals surface area contributed by atoms with E-state index >= 15 is 0 Å². The number of alkyl halides is 3. The van der Waals surface area contributed by atoms with Crippen LogP contribution in [0.1, 0.15) is 17.7 Å². The minimum Gasteiger partial charge on any atom is -0.473 e. The molecule has 36 heavy (non-hydrogen) atoms. The number of pyridine rings is 1. The van der Waals surface area contributed by atoms with Crippen LogP contribution in [-0.4, -0.2) is 39.3 Å². The molecule has 2 fully saturated rings. The lowest BCUT2D eigenvalue weighted by Gasteiger charge is -2.30. The fourth-order valence-electron chi connectivity index (χ4n) is 4.93. The third-order valence-corrected chi connectivity index (χ3v) is 6.47. The van der Waals surface area contributed by atoms with E-state index in [1.807, 2.05) is 0 Å². The molecule has 2 bridgehead atoms. The highest BCUT2D eigenvalue weighted by atomic mass is 19.4. The van der Waals surface area contributed by atoms with Gasteiger partial charge >= 0.3 is 11.9 Å². The van der Waals surface area contributed by atoms with E-state index < -0.39 is 40.7 Å². The molecule has 3 aliphatic rings. The zero-order valence-corrected chi connectivity index (χ0v) is 18.3. The number of ether oxygens (including phenoxy) is 3. The summed E-state index contributed by atoms with van der Waals surface area (Å²) in [6.45, 7) is 0.746. The summed E-state index contributed by atoms with van der Waals surface area (Å²) in [6.07, 6.45) is -2.96. The Morgan fingerprint density at radius 3 is 2.67 bits per heavy atom. The van der Waals surface area contributed by atoms with Gasteiger partial charge in [-0.1, -0.05) is 0 Å². The Balaban J connectivity index is 1.19. The molecular weight excluding hydrogens is 491 g/mol. The molecule has 3 aliphatic heterocycles. The number of rotatable bonds is 5. The first-order valence-corrected chi connectivity index (χ1v) is 11.0. The van der Waals surface area contributed by atoms with Gasteiger partial charge in [-0.3, -0.25) is 9.55 Å². The zero-order valence-electron chi connectivity index (χ0n) is 18.3. The number of nitrogens with zero attached hydrogens (tertiary/aromatic N) is 4. The summed E-state index contributed by atoms with van der Waals surface area (Å²) in [4.78, 5) is 21.7. The molecule has 1 aromatic carbocycles. The monoisotopic (exact) mass is 508 g/mol. The third kappa shape index (κ3) is 3.83. The van der Waals surface area contributed by atoms with Gasteiger partial charge in [-0.2, -0.15) is 18.2 Å². The molecule has 2 aromatic heterocycles. The molecule has 0 spiro atoms. The minimum absolute atomic E-state index is 0.00759. The molecule has 0 radical (unpaired) electrons. The van der Waals surface area contributed by atoms with Crippen molar-refractivity contribution in [1.29, 1.82) is 0 Å². The largest absolute Gasteiger partial charge is 0.473 e. The molecule has 5 heterocycles. The van der Waals surface area contributed by atoms with Crippen molar-refractivity contribution in [3.8, 4) is 17.4 Å². The fraction of sp³-hybridized carbons (Fsp3) is 0.348. The van der Waals surface area contributed by atoms with Gasteiger partial charge in [-0.05, 0) is 30.2 Å². The summed E-state index contributed by atoms with van der Waals surface area (Å²) in [5.74, 6) is -2.91. The van der Waals surface area contributed by atoms with Gasteiger partial charge in [0.2, 0.25) is 5.88 Å². The highest BCUT2D eigenvalue weighted by Crippen LogP contribution is 2.42. The summed E-state index contributed by atoms with van der Waals surface area (Å²) in [5, 5.41) is 0. The second-order valence-corrected chi connectivity index (χ2v) is 8.74. The third-order valence-electron chi connectivity index (χ3n) is 6.47. The van der Waals surface area contributed by atoms with E-state index in [4.69, 9.17) is 14.2 Å². The number of aromatic nitrogens is 3. The van der Waals surface area contributed by atoms with Crippen LogP contribution >= 0.6 is 0 Å². The summed E-state index contributed by atoms with van der Waals surface area (Å²) >= 11 is 0. The number of hydrogen-bond donors (Lipinski definition) is 0. The molecule has 0 aliphatic carbocycles. The summed E-state index contributed by atoms with van der Waals surface area (Å²) in [7, 11) is 0. The summed E-state index contributed by atoms with van der Waals surface area (Å²) in [6, 6.07) is 5.30. The lowest BCUT2D eigenvalue weighted by molar-refractivity contribution is -0.141. The van der Waals surface area contributed by atoms with Crippen LogP contribution in [-0.2, 0) is 24.1 Å². The van der Waals surface area contributed by atoms with Gasteiger partial charge in [0, 0.05) is 18.3 Å². The first-order valence-electron chi connectivity index (χ1n) is 11.0. The van der Waals surface area contributed by atoms with Crippen LogP contribution in [0, 0.1) is 11.6 Å². The first kappa shape index (κ1) is 22.7. The van der Waals surface area contributed by atoms with Gasteiger partial charge in [-0.15, -0.1) is 0 Å². The van der Waals surface area contributed by atoms with Gasteiger partial charge < -0.3 is 19.1 Å². The Labute approximate surface area is 199 Å². The van der Waals surface area contributed by atoms with E-state index in [1.165, 1.54) is 0 Å². The summed E-state index contributed by atoms with van der Waals surface area (Å²) < 4.78 is 85.5. The second-order valence-electron chi connectivity index (χ2n) is 8.74. The first-order chi connectivity index (χ1) is 17.2. The van der Waals surface area contributed by atoms with Crippen LogP contribution in [0.15, 0.2) is 41.3 Å². The van der Waals surface area contributed by atoms with E-state index in [1.54, 1.807) is 10.6 Å². The van der Waals surface area contributed by atoms with E-state index in [-0.39, 0.29) is 36.2 Å². The molecule has 0 N–H and O–H groups in total. The van der Waals surface area contributed by atoms with Crippen molar-refractivity contribution in [2.24, 2.45) is 0 Å². The Bertz CT molecular complexity index is 1390. The highest BCUT2D eigenvalue weighted by molar-refractivity contribution is 5.51. The standard InChI is InChI=1S/C23H17F5N4O4/c24-14-3-11(4-15(25)21(14)36-13-1-2-29-18(6-13)23(26,27)28)9-35-19-7-20-31(22(33)30-19)8-16-17-5-12(10-34-17)32(16)20/h1-4,6-7,12,16-17H,5,8-10H2/t12?,16-,17?/m0/s1. The number of benzene rings is 1. The van der Waals surface area contributed by atoms with E-state index in [0.717, 1.165) is 30.8 Å². The van der Waals surface area contributed by atoms with E-state index in [9.17, 15) is 26.7 Å². The Hall–Kier alpha value is -3.74. The Morgan fingerprint density at radius 2 is 1.92 bits per heavy atom. The number of anilines is 1. The van der Waals surface area contributed by atoms with Crippen molar-refractivity contribution >= 4 is 5.82 Å². The average molecular weight is 508 g/mol. The quantitative estimate of drug-likeness (QED) is 0.487. The zero-order chi connectivity index (χ0) is 25.2. The van der Waals surface area contributed by atoms with E-state index in [0.29, 0.717) is 25.0 Å². The molecule has 13 heteroatoms. The number of fused-ring (bicyclic) bond motifs is 7. The number of halogens is 5. The van der Waals surface area contributed by atoms with Crippen molar-refractivity contribution in [1.82, 2.24) is 14.5 Å². The molecule has 2 saturated heterocycles. The van der Waals surface area contributed by atoms with Crippen molar-refractivity contribution in [3.63, 3.8) is 0 Å². The Morgan fingerprint density at radius 1 is 1.14 bits per heavy atom. The van der Waals surface area contributed by atoms with Crippen LogP contribution in [0.25, 0.3) is 0 Å². The molecule has 188 valence electrons. The minimum atomic E-state index is -4.74. The topological polar surface area (TPSA) is 78.7 Å². The van der Waals surface area contributed by atoms with Crippen LogP contribution in [0.4, 0.5) is 27.8 Å². The maximum atomic E-state index is 14.6. The van der Waals surface area contributed by atoms with Crippen molar-refractivity contribution in [3.05, 3.63) is 69.9 Å². The Kier molecular flexibility index (Phi) is 5.14. The number of morpholine rings is 1. The maximum Gasteiger partial charge on any atom is 0.433 e. The molecular formula is C23H17F5N4O4. The van der Waals surface area contributed by atoms with Crippen LogP contribution in [0.3, 0.4) is 0 Å². The van der Waals surface area contributed by atoms with Crippen LogP contribution in [0.2, 0.25) is 0 Å². The highest BCUT2D eigenvalue weighted by Gasteiger charge is 2.51. The van der Waals surface area contributed by atoms with Crippen molar-refractivity contribution in [2.45, 2.75) is 43.9 Å². The van der Waals surface area contributed by atoms with Crippen LogP contribution in [0.5, 0.6) is 17.4 Å². The fourth-order valence-corrected chi connectivity index (χ4v) is 4.93. The molecule has 8 nitrogen and oxygen atoms in total. The average Bonchev–Trinajstić information content (AvgIpc) is 3.53. The molecule has 3 aromatic rings. The molecule has 2 unspecified atom stereocenters. The van der Waals surface area contributed by atoms with Gasteiger partial charge in [0.15, 0.2) is 17.4 Å².